The molecule has 1 unspecified atom stereocenters. The summed E-state index contributed by atoms with van der Waals surface area (Å²) in [4.78, 5) is 51.6. The third kappa shape index (κ3) is 4.03. The number of hydrogen-bond acceptors (Lipinski definition) is 7. The van der Waals surface area contributed by atoms with Gasteiger partial charge in [0.05, 0.1) is 6.04 Å². The molecular formula is C19H25N5O4S. The van der Waals surface area contributed by atoms with Crippen molar-refractivity contribution in [2.75, 3.05) is 18.8 Å². The highest BCUT2D eigenvalue weighted by Crippen LogP contribution is 2.18. The van der Waals surface area contributed by atoms with Gasteiger partial charge in [-0.15, -0.1) is 0 Å². The van der Waals surface area contributed by atoms with E-state index >= 15 is 0 Å². The second-order valence-electron chi connectivity index (χ2n) is 7.30. The Hall–Kier alpha value is -2.72. The standard InChI is InChI=1S/C19H25N5O4S/c1-11(15(25)14-16(20)22(2)19(28)23(3)18(14)27)24-7-4-13(5-8-24)21-17(26)12-6-9-29-10-12/h6,9-11,13H,4-5,7-8,20H2,1-3H3,(H,21,26). The predicted octanol–water partition coefficient (Wildman–Crippen LogP) is 0.193. The van der Waals surface area contributed by atoms with Gasteiger partial charge >= 0.3 is 5.69 Å². The van der Waals surface area contributed by atoms with E-state index in [1.165, 1.54) is 25.4 Å². The number of likely N-dealkylation sites (tertiary alicyclic amines) is 1. The summed E-state index contributed by atoms with van der Waals surface area (Å²) in [6, 6.07) is 1.26. The summed E-state index contributed by atoms with van der Waals surface area (Å²) in [5.74, 6) is -0.609. The maximum absolute atomic E-state index is 13.0. The van der Waals surface area contributed by atoms with Crippen molar-refractivity contribution in [2.45, 2.75) is 31.8 Å². The molecule has 1 saturated heterocycles. The Morgan fingerprint density at radius 1 is 1.21 bits per heavy atom. The normalized spacial score (nSPS) is 16.5. The number of amides is 1. The Labute approximate surface area is 171 Å². The van der Waals surface area contributed by atoms with Gasteiger partial charge in [0.1, 0.15) is 11.4 Å². The molecule has 0 aliphatic carbocycles. The summed E-state index contributed by atoms with van der Waals surface area (Å²) < 4.78 is 2.00. The first-order valence-electron chi connectivity index (χ1n) is 9.39. The minimum absolute atomic E-state index is 0.0384. The smallest absolute Gasteiger partial charge is 0.332 e. The minimum atomic E-state index is -0.680. The lowest BCUT2D eigenvalue weighted by molar-refractivity contribution is 0.0760. The van der Waals surface area contributed by atoms with Crippen LogP contribution in [0.5, 0.6) is 0 Å². The van der Waals surface area contributed by atoms with Gasteiger partial charge < -0.3 is 11.1 Å². The van der Waals surface area contributed by atoms with Gasteiger partial charge in [0.2, 0.25) is 0 Å². The van der Waals surface area contributed by atoms with Crippen LogP contribution in [-0.4, -0.2) is 50.9 Å². The zero-order valence-electron chi connectivity index (χ0n) is 16.7. The maximum atomic E-state index is 13.0. The largest absolute Gasteiger partial charge is 0.384 e. The maximum Gasteiger partial charge on any atom is 0.332 e. The summed E-state index contributed by atoms with van der Waals surface area (Å²) in [7, 11) is 2.76. The van der Waals surface area contributed by atoms with Crippen molar-refractivity contribution in [1.82, 2.24) is 19.4 Å². The average Bonchev–Trinajstić information content (AvgIpc) is 3.26. The lowest BCUT2D eigenvalue weighted by Crippen LogP contribution is -2.51. The number of nitrogens with two attached hydrogens (primary N) is 1. The van der Waals surface area contributed by atoms with Gasteiger partial charge in [0.25, 0.3) is 11.5 Å². The molecule has 0 saturated carbocycles. The van der Waals surface area contributed by atoms with Crippen LogP contribution in [0.1, 0.15) is 40.5 Å². The number of carbonyl (C=O) groups excluding carboxylic acids is 2. The monoisotopic (exact) mass is 419 g/mol. The molecule has 1 aliphatic rings. The van der Waals surface area contributed by atoms with Crippen LogP contribution < -0.4 is 22.3 Å². The summed E-state index contributed by atoms with van der Waals surface area (Å²) in [6.45, 7) is 2.94. The highest BCUT2D eigenvalue weighted by molar-refractivity contribution is 7.08. The van der Waals surface area contributed by atoms with Gasteiger partial charge in [-0.3, -0.25) is 28.4 Å². The van der Waals surface area contributed by atoms with E-state index in [1.807, 2.05) is 15.7 Å². The fourth-order valence-corrected chi connectivity index (χ4v) is 4.20. The average molecular weight is 420 g/mol. The topological polar surface area (TPSA) is 119 Å². The van der Waals surface area contributed by atoms with E-state index in [0.29, 0.717) is 31.5 Å². The second kappa shape index (κ2) is 8.34. The quantitative estimate of drug-likeness (QED) is 0.668. The predicted molar refractivity (Wildman–Crippen MR) is 112 cm³/mol. The zero-order valence-corrected chi connectivity index (χ0v) is 17.5. The number of piperidine rings is 1. The highest BCUT2D eigenvalue weighted by atomic mass is 32.1. The highest BCUT2D eigenvalue weighted by Gasteiger charge is 2.31. The van der Waals surface area contributed by atoms with Gasteiger partial charge in [0.15, 0.2) is 5.78 Å². The number of nitrogen functional groups attached to an aromatic ring is 1. The molecule has 1 amide bonds. The lowest BCUT2D eigenvalue weighted by atomic mass is 9.99. The van der Waals surface area contributed by atoms with Crippen molar-refractivity contribution in [1.29, 1.82) is 0 Å². The number of ketones is 1. The van der Waals surface area contributed by atoms with Crippen molar-refractivity contribution in [3.8, 4) is 0 Å². The number of rotatable bonds is 5. The number of carbonyl (C=O) groups is 2. The molecule has 1 aliphatic heterocycles. The van der Waals surface area contributed by atoms with E-state index in [4.69, 9.17) is 5.73 Å². The van der Waals surface area contributed by atoms with Gasteiger partial charge in [-0.05, 0) is 31.2 Å². The summed E-state index contributed by atoms with van der Waals surface area (Å²) in [6.07, 6.45) is 1.41. The molecule has 3 rings (SSSR count). The minimum Gasteiger partial charge on any atom is -0.384 e. The van der Waals surface area contributed by atoms with Gasteiger partial charge in [-0.25, -0.2) is 4.79 Å². The van der Waals surface area contributed by atoms with E-state index in [2.05, 4.69) is 5.32 Å². The van der Waals surface area contributed by atoms with Gasteiger partial charge in [0, 0.05) is 44.2 Å². The third-order valence-electron chi connectivity index (χ3n) is 5.53. The third-order valence-corrected chi connectivity index (χ3v) is 6.21. The van der Waals surface area contributed by atoms with Crippen LogP contribution in [0.15, 0.2) is 26.4 Å². The fourth-order valence-electron chi connectivity index (χ4n) is 3.56. The number of anilines is 1. The second-order valence-corrected chi connectivity index (χ2v) is 8.08. The molecule has 1 fully saturated rings. The molecule has 2 aromatic heterocycles. The first kappa shape index (κ1) is 21.0. The van der Waals surface area contributed by atoms with E-state index < -0.39 is 23.1 Å². The molecule has 0 aromatic carbocycles. The van der Waals surface area contributed by atoms with E-state index in [1.54, 1.807) is 13.0 Å². The van der Waals surface area contributed by atoms with Gasteiger partial charge in [-0.1, -0.05) is 0 Å². The number of Topliss-reactive ketones (excluding diaryl/α,β-unsaturated/α-hetero) is 1. The van der Waals surface area contributed by atoms with Crippen molar-refractivity contribution >= 4 is 28.8 Å². The summed E-state index contributed by atoms with van der Waals surface area (Å²) >= 11 is 1.48. The molecule has 0 spiro atoms. The number of hydrogen-bond donors (Lipinski definition) is 2. The number of thiophene rings is 1. The van der Waals surface area contributed by atoms with Crippen LogP contribution >= 0.6 is 11.3 Å². The van der Waals surface area contributed by atoms with Crippen molar-refractivity contribution in [3.05, 3.63) is 48.8 Å². The van der Waals surface area contributed by atoms with Crippen LogP contribution in [-0.2, 0) is 14.1 Å². The number of nitrogens with one attached hydrogen (secondary N) is 1. The summed E-state index contributed by atoms with van der Waals surface area (Å²) in [5, 5.41) is 6.70. The first-order valence-corrected chi connectivity index (χ1v) is 10.3. The molecule has 10 heteroatoms. The first-order chi connectivity index (χ1) is 13.7. The van der Waals surface area contributed by atoms with E-state index in [9.17, 15) is 19.2 Å². The van der Waals surface area contributed by atoms with E-state index in [0.717, 1.165) is 9.13 Å². The summed E-state index contributed by atoms with van der Waals surface area (Å²) in [5.41, 5.74) is 5.15. The molecule has 29 heavy (non-hydrogen) atoms. The van der Waals surface area contributed by atoms with Crippen LogP contribution in [0.2, 0.25) is 0 Å². The molecule has 0 bridgehead atoms. The van der Waals surface area contributed by atoms with Crippen molar-refractivity contribution < 1.29 is 9.59 Å². The zero-order chi connectivity index (χ0) is 21.3. The van der Waals surface area contributed by atoms with Crippen LogP contribution in [0.25, 0.3) is 0 Å². The molecule has 3 heterocycles. The number of nitrogens with zero attached hydrogens (tertiary/aromatic N) is 3. The molecule has 0 radical (unpaired) electrons. The molecule has 156 valence electrons. The Bertz CT molecular complexity index is 1030. The van der Waals surface area contributed by atoms with Gasteiger partial charge in [-0.2, -0.15) is 11.3 Å². The van der Waals surface area contributed by atoms with E-state index in [-0.39, 0.29) is 23.3 Å². The molecule has 3 N–H and O–H groups in total. The van der Waals surface area contributed by atoms with Crippen LogP contribution in [0, 0.1) is 0 Å². The molecule has 1 atom stereocenters. The van der Waals surface area contributed by atoms with Crippen molar-refractivity contribution in [2.24, 2.45) is 14.1 Å². The van der Waals surface area contributed by atoms with Crippen molar-refractivity contribution in [3.63, 3.8) is 0 Å². The van der Waals surface area contributed by atoms with Crippen LogP contribution in [0.3, 0.4) is 0 Å². The van der Waals surface area contributed by atoms with Crippen LogP contribution in [0.4, 0.5) is 5.82 Å². The Morgan fingerprint density at radius 3 is 2.45 bits per heavy atom. The Balaban J connectivity index is 1.68. The number of aromatic nitrogens is 2. The fraction of sp³-hybridized carbons (Fsp3) is 0.474. The Kier molecular flexibility index (Phi) is 6.04. The molecular weight excluding hydrogens is 394 g/mol. The Morgan fingerprint density at radius 2 is 1.86 bits per heavy atom. The SMILES string of the molecule is CC(C(=O)c1c(N)n(C)c(=O)n(C)c1=O)N1CCC(NC(=O)c2ccsc2)CC1. The molecule has 2 aromatic rings. The lowest BCUT2D eigenvalue weighted by Gasteiger charge is -2.35. The molecule has 9 nitrogen and oxygen atoms in total.